The molecule has 7 aromatic rings. The SMILES string of the molecule is C.COc1c(C)c(Cn2c(=O)n(CCC=C(C)C)c3c(Cl)nc(N)nc32)c[n+](O)c1C.COc1c(C)c(Cn2c(=O)n(CCn3cccc3)c3c(Cl)nc(N)nc32)c[n+](O)c1C. The van der Waals surface area contributed by atoms with Crippen molar-refractivity contribution >= 4 is 57.4 Å². The molecule has 0 atom stereocenters. The summed E-state index contributed by atoms with van der Waals surface area (Å²) < 4.78 is 20.9. The van der Waals surface area contributed by atoms with E-state index in [0.717, 1.165) is 26.2 Å². The van der Waals surface area contributed by atoms with Gasteiger partial charge in [-0.2, -0.15) is 19.9 Å². The molecule has 0 aliphatic carbocycles. The maximum absolute atomic E-state index is 13.4. The summed E-state index contributed by atoms with van der Waals surface area (Å²) in [5.74, 6) is 1.04. The third kappa shape index (κ3) is 9.03. The van der Waals surface area contributed by atoms with Crippen molar-refractivity contribution in [2.45, 2.75) is 88.1 Å². The smallest absolute Gasteiger partial charge is 0.330 e. The van der Waals surface area contributed by atoms with Gasteiger partial charge in [0.1, 0.15) is 11.0 Å². The summed E-state index contributed by atoms with van der Waals surface area (Å²) in [5.41, 5.74) is 17.8. The molecule has 0 saturated heterocycles. The minimum atomic E-state index is -0.299. The van der Waals surface area contributed by atoms with E-state index < -0.39 is 0 Å². The molecule has 0 saturated carbocycles. The maximum atomic E-state index is 13.4. The molecule has 7 rings (SSSR count). The highest BCUT2D eigenvalue weighted by Gasteiger charge is 2.26. The zero-order valence-electron chi connectivity index (χ0n) is 35.1. The first-order valence-corrected chi connectivity index (χ1v) is 19.9. The second kappa shape index (κ2) is 19.0. The van der Waals surface area contributed by atoms with Crippen molar-refractivity contribution in [1.82, 2.24) is 42.8 Å². The summed E-state index contributed by atoms with van der Waals surface area (Å²) in [5, 5.41) is 20.7. The van der Waals surface area contributed by atoms with Crippen molar-refractivity contribution in [3.63, 3.8) is 0 Å². The topological polar surface area (TPSA) is 229 Å². The Morgan fingerprint density at radius 2 is 1.13 bits per heavy atom. The van der Waals surface area contributed by atoms with Gasteiger partial charge in [-0.3, -0.25) is 28.7 Å². The third-order valence-corrected chi connectivity index (χ3v) is 10.9. The van der Waals surface area contributed by atoms with E-state index in [2.05, 4.69) is 19.9 Å². The molecule has 0 aliphatic heterocycles. The van der Waals surface area contributed by atoms with Gasteiger partial charge in [0.05, 0.1) is 27.3 Å². The van der Waals surface area contributed by atoms with Crippen molar-refractivity contribution in [3.05, 3.63) is 113 Å². The van der Waals surface area contributed by atoms with Gasteiger partial charge in [-0.05, 0) is 46.2 Å². The summed E-state index contributed by atoms with van der Waals surface area (Å²) in [6.07, 6.45) is 9.65. The number of allylic oxidation sites excluding steroid dienone is 2. The molecule has 0 radical (unpaired) electrons. The van der Waals surface area contributed by atoms with Gasteiger partial charge in [0.2, 0.25) is 24.3 Å². The lowest BCUT2D eigenvalue weighted by molar-refractivity contribution is -0.909. The van der Waals surface area contributed by atoms with Gasteiger partial charge in [0.15, 0.2) is 33.1 Å². The Labute approximate surface area is 367 Å². The first-order valence-electron chi connectivity index (χ1n) is 19.1. The van der Waals surface area contributed by atoms with Gasteiger partial charge in [-0.1, -0.05) is 42.3 Å². The van der Waals surface area contributed by atoms with Crippen molar-refractivity contribution in [3.8, 4) is 11.5 Å². The van der Waals surface area contributed by atoms with Crippen LogP contribution in [0.25, 0.3) is 22.3 Å². The molecular weight excluding hydrogens is 841 g/mol. The largest absolute Gasteiger partial charge is 0.490 e. The number of aryl methyl sites for hydroxylation is 3. The lowest BCUT2D eigenvalue weighted by Gasteiger charge is -2.10. The zero-order chi connectivity index (χ0) is 44.4. The molecule has 0 fully saturated rings. The quantitative estimate of drug-likeness (QED) is 0.0574. The highest BCUT2D eigenvalue weighted by molar-refractivity contribution is 6.34. The van der Waals surface area contributed by atoms with Crippen LogP contribution in [-0.4, -0.2) is 67.4 Å². The van der Waals surface area contributed by atoms with Crippen LogP contribution in [0.3, 0.4) is 0 Å². The third-order valence-electron chi connectivity index (χ3n) is 10.4. The Kier molecular flexibility index (Phi) is 14.2. The number of nitrogen functional groups attached to an aromatic ring is 2. The maximum Gasteiger partial charge on any atom is 0.330 e. The number of pyridine rings is 2. The Morgan fingerprint density at radius 3 is 1.53 bits per heavy atom. The number of nitrogens with two attached hydrogens (primary N) is 2. The van der Waals surface area contributed by atoms with E-state index >= 15 is 0 Å². The number of anilines is 2. The van der Waals surface area contributed by atoms with Crippen molar-refractivity contribution in [2.24, 2.45) is 0 Å². The monoisotopic (exact) mass is 893 g/mol. The summed E-state index contributed by atoms with van der Waals surface area (Å²) in [7, 11) is 3.07. The lowest BCUT2D eigenvalue weighted by atomic mass is 10.1. The standard InChI is InChI=1S/C20H23ClN7O3.C20H26ClN6O3.CH4/c1-12-14(11-28(30)13(2)16(12)31-3)10-27-18-15(17(21)23-19(22)24-18)26(20(27)29)9-8-25-6-4-5-7-25;1-11(2)7-6-8-25-15-17(21)23-19(22)24-18(15)26(20(25)28)9-14-10-27(29)13(4)16(30-5)12(14)3;/h4-7,11,30H,8-10H2,1-3H3,(H2,22,23,24);7,10,29H,6,8-9H2,1-5H3,(H2,22,23,24);1H4/q2*+1;. The Hall–Kier alpha value is -6.60. The van der Waals surface area contributed by atoms with Crippen LogP contribution >= 0.6 is 23.2 Å². The summed E-state index contributed by atoms with van der Waals surface area (Å²) in [4.78, 5) is 43.3. The minimum absolute atomic E-state index is 0. The first-order chi connectivity index (χ1) is 29.0. The molecule has 0 aliphatic rings. The number of hydrogen-bond acceptors (Lipinski definition) is 12. The molecule has 330 valence electrons. The Bertz CT molecular complexity index is 2930. The van der Waals surface area contributed by atoms with Crippen molar-refractivity contribution in [2.75, 3.05) is 25.7 Å². The summed E-state index contributed by atoms with van der Waals surface area (Å²) in [6, 6.07) is 3.83. The fraction of sp³-hybridized carbons (Fsp3) is 0.366. The van der Waals surface area contributed by atoms with Crippen molar-refractivity contribution in [1.29, 1.82) is 0 Å². The second-order valence-electron chi connectivity index (χ2n) is 14.6. The van der Waals surface area contributed by atoms with E-state index in [4.69, 9.17) is 44.1 Å². The highest BCUT2D eigenvalue weighted by atomic mass is 35.5. The molecular formula is C41H53Cl2N13O6+2. The van der Waals surface area contributed by atoms with E-state index in [1.165, 1.54) is 23.4 Å². The van der Waals surface area contributed by atoms with E-state index in [9.17, 15) is 20.0 Å². The molecule has 62 heavy (non-hydrogen) atoms. The Morgan fingerprint density at radius 1 is 0.710 bits per heavy atom. The second-order valence-corrected chi connectivity index (χ2v) is 15.3. The Balaban J connectivity index is 0.000000231. The van der Waals surface area contributed by atoms with Crippen LogP contribution in [-0.2, 0) is 32.7 Å². The predicted molar refractivity (Wildman–Crippen MR) is 236 cm³/mol. The van der Waals surface area contributed by atoms with Gasteiger partial charge in [-0.25, -0.2) is 9.59 Å². The average Bonchev–Trinajstić information content (AvgIpc) is 3.88. The van der Waals surface area contributed by atoms with Crippen molar-refractivity contribution < 1.29 is 29.3 Å². The molecule has 7 heterocycles. The van der Waals surface area contributed by atoms with E-state index in [1.54, 1.807) is 35.4 Å². The minimum Gasteiger partial charge on any atom is -0.490 e. The van der Waals surface area contributed by atoms with Crippen LogP contribution in [0.4, 0.5) is 11.9 Å². The number of imidazole rings is 2. The molecule has 0 unspecified atom stereocenters. The van der Waals surface area contributed by atoms with E-state index in [1.807, 2.05) is 62.9 Å². The normalized spacial score (nSPS) is 11.1. The number of nitrogens with zero attached hydrogens (tertiary/aromatic N) is 11. The van der Waals surface area contributed by atoms with Crippen LogP contribution < -0.4 is 41.8 Å². The lowest BCUT2D eigenvalue weighted by Crippen LogP contribution is -2.36. The number of aromatic nitrogens is 11. The molecule has 0 bridgehead atoms. The molecule has 7 aromatic heterocycles. The average molecular weight is 895 g/mol. The number of methoxy groups -OCH3 is 2. The molecule has 0 spiro atoms. The van der Waals surface area contributed by atoms with Crippen LogP contribution in [0.15, 0.2) is 58.2 Å². The van der Waals surface area contributed by atoms with E-state index in [-0.39, 0.29) is 54.1 Å². The summed E-state index contributed by atoms with van der Waals surface area (Å²) >= 11 is 12.7. The highest BCUT2D eigenvalue weighted by Crippen LogP contribution is 2.28. The van der Waals surface area contributed by atoms with Crippen LogP contribution in [0.1, 0.15) is 61.3 Å². The number of rotatable bonds is 12. The fourth-order valence-corrected chi connectivity index (χ4v) is 7.82. The first kappa shape index (κ1) is 46.5. The van der Waals surface area contributed by atoms with E-state index in [0.29, 0.717) is 82.4 Å². The predicted octanol–water partition coefficient (Wildman–Crippen LogP) is 4.55. The zero-order valence-corrected chi connectivity index (χ0v) is 36.7. The number of fused-ring (bicyclic) bond motifs is 2. The summed E-state index contributed by atoms with van der Waals surface area (Å²) in [6.45, 7) is 12.9. The van der Waals surface area contributed by atoms with Gasteiger partial charge >= 0.3 is 11.4 Å². The van der Waals surface area contributed by atoms with Crippen LogP contribution in [0.5, 0.6) is 11.5 Å². The molecule has 19 nitrogen and oxygen atoms in total. The molecule has 21 heteroatoms. The van der Waals surface area contributed by atoms with Crippen LogP contribution in [0.2, 0.25) is 10.3 Å². The van der Waals surface area contributed by atoms with Gasteiger partial charge < -0.3 is 25.5 Å². The number of ether oxygens (including phenoxy) is 2. The number of halogens is 2. The fourth-order valence-electron chi connectivity index (χ4n) is 7.27. The van der Waals surface area contributed by atoms with Crippen LogP contribution in [0, 0.1) is 27.7 Å². The van der Waals surface area contributed by atoms with Gasteiger partial charge in [0.25, 0.3) is 11.4 Å². The van der Waals surface area contributed by atoms with Gasteiger partial charge in [-0.15, -0.1) is 0 Å². The molecule has 0 amide bonds. The number of hydrogen-bond donors (Lipinski definition) is 4. The van der Waals surface area contributed by atoms with Gasteiger partial charge in [0, 0.05) is 77.6 Å². The molecule has 6 N–H and O–H groups in total. The molecule has 0 aromatic carbocycles.